The Balaban J connectivity index is 2.09. The van der Waals surface area contributed by atoms with Crippen LogP contribution in [0.1, 0.15) is 24.5 Å². The third-order valence-electron chi connectivity index (χ3n) is 4.22. The molecule has 2 aromatic rings. The molecule has 0 unspecified atom stereocenters. The van der Waals surface area contributed by atoms with Gasteiger partial charge in [0.1, 0.15) is 0 Å². The fourth-order valence-electron chi connectivity index (χ4n) is 2.75. The van der Waals surface area contributed by atoms with Gasteiger partial charge in [-0.25, -0.2) is 8.42 Å². The number of benzene rings is 2. The minimum Gasteiger partial charge on any atom is -0.392 e. The lowest BCUT2D eigenvalue weighted by atomic mass is 10.1. The first-order chi connectivity index (χ1) is 13.0. The molecule has 0 aromatic heterocycles. The highest BCUT2D eigenvalue weighted by Crippen LogP contribution is 2.18. The molecule has 7 nitrogen and oxygen atoms in total. The van der Waals surface area contributed by atoms with Crippen LogP contribution in [0.5, 0.6) is 0 Å². The van der Waals surface area contributed by atoms with Gasteiger partial charge in [0.15, 0.2) is 0 Å². The monoisotopic (exact) mass is 427 g/mol. The van der Waals surface area contributed by atoms with Crippen LogP contribution >= 0.6 is 0 Å². The second-order valence-corrected chi connectivity index (χ2v) is 10.1. The zero-order valence-electron chi connectivity index (χ0n) is 15.8. The first-order valence-electron chi connectivity index (χ1n) is 8.81. The van der Waals surface area contributed by atoms with Crippen molar-refractivity contribution in [2.45, 2.75) is 42.6 Å². The maximum absolute atomic E-state index is 12.9. The predicted octanol–water partition coefficient (Wildman–Crippen LogP) is 2.25. The molecule has 0 bridgehead atoms. The van der Waals surface area contributed by atoms with E-state index >= 15 is 0 Å². The van der Waals surface area contributed by atoms with Crippen LogP contribution in [-0.4, -0.2) is 50.0 Å². The fourth-order valence-corrected chi connectivity index (χ4v) is 4.79. The van der Waals surface area contributed by atoms with E-state index in [1.165, 1.54) is 23.4 Å². The summed E-state index contributed by atoms with van der Waals surface area (Å²) in [6, 6.07) is 12.3. The molecule has 28 heavy (non-hydrogen) atoms. The summed E-state index contributed by atoms with van der Waals surface area (Å²) in [4.78, 5) is -0.00909. The second kappa shape index (κ2) is 9.15. The highest BCUT2D eigenvalue weighted by molar-refractivity contribution is 7.89. The Morgan fingerprint density at radius 3 is 1.96 bits per heavy atom. The van der Waals surface area contributed by atoms with E-state index in [1.807, 2.05) is 6.92 Å². The molecule has 9 heteroatoms. The van der Waals surface area contributed by atoms with E-state index in [0.29, 0.717) is 12.8 Å². The summed E-state index contributed by atoms with van der Waals surface area (Å²) in [6.45, 7) is 3.60. The Morgan fingerprint density at radius 2 is 1.46 bits per heavy atom. The maximum Gasteiger partial charge on any atom is 0.294 e. The van der Waals surface area contributed by atoms with Crippen LogP contribution in [0.3, 0.4) is 0 Å². The number of sulfonamides is 1. The van der Waals surface area contributed by atoms with E-state index in [4.69, 9.17) is 4.55 Å². The number of rotatable bonds is 9. The Labute approximate surface area is 166 Å². The maximum atomic E-state index is 12.9. The van der Waals surface area contributed by atoms with Gasteiger partial charge in [-0.05, 0) is 56.5 Å². The average Bonchev–Trinajstić information content (AvgIpc) is 2.60. The van der Waals surface area contributed by atoms with E-state index in [0.717, 1.165) is 11.1 Å². The van der Waals surface area contributed by atoms with Crippen molar-refractivity contribution < 1.29 is 26.5 Å². The van der Waals surface area contributed by atoms with Gasteiger partial charge in [0.2, 0.25) is 10.0 Å². The van der Waals surface area contributed by atoms with Crippen molar-refractivity contribution in [2.24, 2.45) is 0 Å². The molecule has 1 atom stereocenters. The normalized spacial score (nSPS) is 13.6. The molecular formula is C19H25NO6S2. The van der Waals surface area contributed by atoms with Gasteiger partial charge in [-0.15, -0.1) is 0 Å². The number of aliphatic hydroxyl groups is 1. The average molecular weight is 428 g/mol. The van der Waals surface area contributed by atoms with Gasteiger partial charge in [0.05, 0.1) is 15.9 Å². The molecule has 0 aliphatic heterocycles. The Kier molecular flexibility index (Phi) is 7.35. The molecule has 2 rings (SSSR count). The van der Waals surface area contributed by atoms with E-state index in [2.05, 4.69) is 0 Å². The number of hydrogen-bond donors (Lipinski definition) is 2. The summed E-state index contributed by atoms with van der Waals surface area (Å²) in [5, 5.41) is 9.71. The van der Waals surface area contributed by atoms with Crippen LogP contribution in [0.4, 0.5) is 0 Å². The van der Waals surface area contributed by atoms with Gasteiger partial charge in [-0.3, -0.25) is 4.55 Å². The van der Waals surface area contributed by atoms with Gasteiger partial charge in [0, 0.05) is 13.1 Å². The summed E-state index contributed by atoms with van der Waals surface area (Å²) < 4.78 is 58.2. The molecule has 0 amide bonds. The zero-order chi connectivity index (χ0) is 20.9. The molecule has 154 valence electrons. The molecule has 0 fully saturated rings. The Bertz CT molecular complexity index is 982. The highest BCUT2D eigenvalue weighted by Gasteiger charge is 2.25. The van der Waals surface area contributed by atoms with Crippen molar-refractivity contribution in [1.82, 2.24) is 4.31 Å². The third-order valence-corrected chi connectivity index (χ3v) is 6.97. The molecule has 0 saturated heterocycles. The molecule has 0 heterocycles. The summed E-state index contributed by atoms with van der Waals surface area (Å²) in [5.74, 6) is 0. The smallest absolute Gasteiger partial charge is 0.294 e. The first kappa shape index (κ1) is 22.5. The lowest BCUT2D eigenvalue weighted by Gasteiger charge is -2.23. The Morgan fingerprint density at radius 1 is 0.929 bits per heavy atom. The summed E-state index contributed by atoms with van der Waals surface area (Å²) in [6.07, 6.45) is 0.198. The van der Waals surface area contributed by atoms with Crippen LogP contribution in [0.2, 0.25) is 0 Å². The van der Waals surface area contributed by atoms with Crippen molar-refractivity contribution in [1.29, 1.82) is 0 Å². The van der Waals surface area contributed by atoms with Gasteiger partial charge < -0.3 is 5.11 Å². The molecule has 2 aromatic carbocycles. The van der Waals surface area contributed by atoms with Gasteiger partial charge in [0.25, 0.3) is 10.1 Å². The van der Waals surface area contributed by atoms with E-state index < -0.39 is 26.2 Å². The van der Waals surface area contributed by atoms with Gasteiger partial charge in [-0.2, -0.15) is 12.7 Å². The summed E-state index contributed by atoms with van der Waals surface area (Å²) in [5.41, 5.74) is 1.77. The number of hydrogen-bond acceptors (Lipinski definition) is 5. The highest BCUT2D eigenvalue weighted by atomic mass is 32.2. The quantitative estimate of drug-likeness (QED) is 0.594. The van der Waals surface area contributed by atoms with E-state index in [-0.39, 0.29) is 22.9 Å². The number of aryl methyl sites for hydroxylation is 2. The largest absolute Gasteiger partial charge is 0.392 e. The lowest BCUT2D eigenvalue weighted by Crippen LogP contribution is -2.37. The lowest BCUT2D eigenvalue weighted by molar-refractivity contribution is 0.162. The summed E-state index contributed by atoms with van der Waals surface area (Å²) >= 11 is 0. The zero-order valence-corrected chi connectivity index (χ0v) is 17.4. The van der Waals surface area contributed by atoms with Crippen molar-refractivity contribution in [2.75, 3.05) is 13.1 Å². The van der Waals surface area contributed by atoms with Crippen LogP contribution in [-0.2, 0) is 26.6 Å². The summed E-state index contributed by atoms with van der Waals surface area (Å²) in [7, 11) is -7.97. The molecule has 0 saturated carbocycles. The van der Waals surface area contributed by atoms with Crippen molar-refractivity contribution in [3.05, 3.63) is 59.7 Å². The molecule has 0 radical (unpaired) electrons. The first-order valence-corrected chi connectivity index (χ1v) is 11.7. The van der Waals surface area contributed by atoms with E-state index in [1.54, 1.807) is 36.4 Å². The second-order valence-electron chi connectivity index (χ2n) is 6.75. The Hall–Kier alpha value is -1.78. The van der Waals surface area contributed by atoms with E-state index in [9.17, 15) is 21.9 Å². The van der Waals surface area contributed by atoms with Gasteiger partial charge >= 0.3 is 0 Å². The minimum atomic E-state index is -4.24. The van der Waals surface area contributed by atoms with Crippen molar-refractivity contribution in [3.63, 3.8) is 0 Å². The minimum absolute atomic E-state index is 0.0160. The molecular weight excluding hydrogens is 402 g/mol. The SMILES string of the molecule is Cc1ccc(S(=O)(=O)N(CCCc2ccc(S(=O)(=O)O)cc2)C[C@@H](C)O)cc1. The standard InChI is InChI=1S/C19H25NO6S2/c1-15-5-9-18(10-6-15)27(22,23)20(14-16(2)21)13-3-4-17-7-11-19(12-8-17)28(24,25)26/h5-12,16,21H,3-4,13-14H2,1-2H3,(H,24,25,26)/t16-/m1/s1. The van der Waals surface area contributed by atoms with Gasteiger partial charge in [-0.1, -0.05) is 29.8 Å². The molecule has 0 aliphatic carbocycles. The molecule has 0 spiro atoms. The number of aliphatic hydroxyl groups excluding tert-OH is 1. The molecule has 0 aliphatic rings. The van der Waals surface area contributed by atoms with Crippen LogP contribution in [0, 0.1) is 6.92 Å². The van der Waals surface area contributed by atoms with Crippen molar-refractivity contribution >= 4 is 20.1 Å². The molecule has 2 N–H and O–H groups in total. The van der Waals surface area contributed by atoms with Crippen molar-refractivity contribution in [3.8, 4) is 0 Å². The van der Waals surface area contributed by atoms with Crippen LogP contribution in [0.15, 0.2) is 58.3 Å². The topological polar surface area (TPSA) is 112 Å². The third kappa shape index (κ3) is 6.11. The van der Waals surface area contributed by atoms with Crippen LogP contribution < -0.4 is 0 Å². The predicted molar refractivity (Wildman–Crippen MR) is 106 cm³/mol. The fraction of sp³-hybridized carbons (Fsp3) is 0.368. The van der Waals surface area contributed by atoms with Crippen LogP contribution in [0.25, 0.3) is 0 Å². The number of nitrogens with zero attached hydrogens (tertiary/aromatic N) is 1.